The van der Waals surface area contributed by atoms with Gasteiger partial charge in [0.2, 0.25) is 0 Å². The Labute approximate surface area is 154 Å². The van der Waals surface area contributed by atoms with Gasteiger partial charge < -0.3 is 10.1 Å². The molecule has 0 aromatic heterocycles. The van der Waals surface area contributed by atoms with Crippen molar-refractivity contribution in [2.24, 2.45) is 0 Å². The van der Waals surface area contributed by atoms with E-state index in [0.717, 1.165) is 0 Å². The third-order valence-electron chi connectivity index (χ3n) is 2.98. The second-order valence-corrected chi connectivity index (χ2v) is 5.69. The van der Waals surface area contributed by atoms with Gasteiger partial charge in [0, 0.05) is 21.8 Å². The minimum atomic E-state index is -0.688. The maximum atomic E-state index is 11.8. The number of esters is 1. The first-order chi connectivity index (χ1) is 12.0. The maximum absolute atomic E-state index is 11.8. The summed E-state index contributed by atoms with van der Waals surface area (Å²) in [5.74, 6) is -1.20. The summed E-state index contributed by atoms with van der Waals surface area (Å²) in [7, 11) is 0. The van der Waals surface area contributed by atoms with Gasteiger partial charge in [0.05, 0.1) is 11.6 Å². The predicted molar refractivity (Wildman–Crippen MR) is 96.2 cm³/mol. The van der Waals surface area contributed by atoms with Gasteiger partial charge >= 0.3 is 5.97 Å². The Kier molecular flexibility index (Phi) is 6.58. The van der Waals surface area contributed by atoms with E-state index >= 15 is 0 Å². The fourth-order valence-corrected chi connectivity index (χ4v) is 2.31. The highest BCUT2D eigenvalue weighted by atomic mass is 35.5. The smallest absolute Gasteiger partial charge is 0.331 e. The molecule has 0 radical (unpaired) electrons. The number of halogens is 2. The molecule has 0 saturated heterocycles. The van der Waals surface area contributed by atoms with Gasteiger partial charge in [-0.1, -0.05) is 35.3 Å². The number of nitriles is 1. The summed E-state index contributed by atoms with van der Waals surface area (Å²) in [6.45, 7) is -0.450. The van der Waals surface area contributed by atoms with Crippen LogP contribution in [0, 0.1) is 11.3 Å². The molecule has 0 aliphatic rings. The van der Waals surface area contributed by atoms with Crippen LogP contribution < -0.4 is 5.32 Å². The summed E-state index contributed by atoms with van der Waals surface area (Å²) in [6.07, 6.45) is 2.63. The first-order valence-electron chi connectivity index (χ1n) is 7.08. The van der Waals surface area contributed by atoms with Crippen molar-refractivity contribution in [1.82, 2.24) is 0 Å². The highest BCUT2D eigenvalue weighted by Crippen LogP contribution is 2.21. The molecule has 1 amide bonds. The van der Waals surface area contributed by atoms with Gasteiger partial charge in [0.1, 0.15) is 0 Å². The molecule has 0 bridgehead atoms. The zero-order chi connectivity index (χ0) is 18.2. The Balaban J connectivity index is 1.85. The molecule has 2 aromatic rings. The number of hydrogen-bond acceptors (Lipinski definition) is 4. The maximum Gasteiger partial charge on any atom is 0.331 e. The molecule has 5 nitrogen and oxygen atoms in total. The van der Waals surface area contributed by atoms with Crippen LogP contribution in [0.25, 0.3) is 6.08 Å². The van der Waals surface area contributed by atoms with E-state index in [0.29, 0.717) is 26.9 Å². The van der Waals surface area contributed by atoms with Crippen LogP contribution in [0.3, 0.4) is 0 Å². The minimum absolute atomic E-state index is 0.395. The van der Waals surface area contributed by atoms with Crippen molar-refractivity contribution in [2.45, 2.75) is 0 Å². The fourth-order valence-electron chi connectivity index (χ4n) is 1.84. The van der Waals surface area contributed by atoms with E-state index in [-0.39, 0.29) is 0 Å². The van der Waals surface area contributed by atoms with Crippen LogP contribution in [-0.4, -0.2) is 18.5 Å². The summed E-state index contributed by atoms with van der Waals surface area (Å²) < 4.78 is 4.85. The molecule has 126 valence electrons. The number of hydrogen-bond donors (Lipinski definition) is 1. The standard InChI is InChI=1S/C18H12Cl2N2O3/c19-14-6-4-13(16(20)9-14)5-7-18(24)25-11-17(23)22-15-3-1-2-12(8-15)10-21/h1-9H,11H2,(H,22,23)/b7-5+. The van der Waals surface area contributed by atoms with Gasteiger partial charge in [0.25, 0.3) is 5.91 Å². The molecule has 0 saturated carbocycles. The van der Waals surface area contributed by atoms with Gasteiger partial charge in [-0.05, 0) is 42.0 Å². The molecule has 0 fully saturated rings. The predicted octanol–water partition coefficient (Wildman–Crippen LogP) is 4.06. The summed E-state index contributed by atoms with van der Waals surface area (Å²) in [4.78, 5) is 23.4. The van der Waals surface area contributed by atoms with Crippen molar-refractivity contribution in [3.63, 3.8) is 0 Å². The molecule has 0 spiro atoms. The number of carbonyl (C=O) groups excluding carboxylic acids is 2. The summed E-state index contributed by atoms with van der Waals surface area (Å²) in [5.41, 5.74) is 1.46. The van der Waals surface area contributed by atoms with Gasteiger partial charge in [-0.2, -0.15) is 5.26 Å². The number of amides is 1. The first kappa shape index (κ1) is 18.5. The minimum Gasteiger partial charge on any atom is -0.452 e. The number of ether oxygens (including phenoxy) is 1. The van der Waals surface area contributed by atoms with E-state index in [2.05, 4.69) is 5.32 Å². The SMILES string of the molecule is N#Cc1cccc(NC(=O)COC(=O)/C=C/c2ccc(Cl)cc2Cl)c1. The molecule has 25 heavy (non-hydrogen) atoms. The Bertz CT molecular complexity index is 873. The quantitative estimate of drug-likeness (QED) is 0.631. The lowest BCUT2D eigenvalue weighted by molar-refractivity contribution is -0.142. The third kappa shape index (κ3) is 5.96. The van der Waals surface area contributed by atoms with Crippen LogP contribution in [0.15, 0.2) is 48.5 Å². The van der Waals surface area contributed by atoms with Crippen molar-refractivity contribution in [2.75, 3.05) is 11.9 Å². The van der Waals surface area contributed by atoms with Crippen molar-refractivity contribution < 1.29 is 14.3 Å². The van der Waals surface area contributed by atoms with Gasteiger partial charge in [0.15, 0.2) is 6.61 Å². The Morgan fingerprint density at radius 1 is 1.20 bits per heavy atom. The lowest BCUT2D eigenvalue weighted by Gasteiger charge is -2.05. The molecule has 7 heteroatoms. The molecule has 0 heterocycles. The number of nitrogens with zero attached hydrogens (tertiary/aromatic N) is 1. The first-order valence-corrected chi connectivity index (χ1v) is 7.83. The number of nitrogens with one attached hydrogen (secondary N) is 1. The van der Waals surface area contributed by atoms with E-state index in [4.69, 9.17) is 33.2 Å². The van der Waals surface area contributed by atoms with E-state index in [9.17, 15) is 9.59 Å². The number of benzene rings is 2. The molecule has 2 aromatic carbocycles. The zero-order valence-corrected chi connectivity index (χ0v) is 14.3. The lowest BCUT2D eigenvalue weighted by Crippen LogP contribution is -2.20. The summed E-state index contributed by atoms with van der Waals surface area (Å²) in [6, 6.07) is 13.2. The van der Waals surface area contributed by atoms with Crippen LogP contribution in [0.5, 0.6) is 0 Å². The van der Waals surface area contributed by atoms with Crippen LogP contribution in [-0.2, 0) is 14.3 Å². The molecular formula is C18H12Cl2N2O3. The summed E-state index contributed by atoms with van der Waals surface area (Å²) in [5, 5.41) is 12.2. The van der Waals surface area contributed by atoms with Crippen LogP contribution >= 0.6 is 23.2 Å². The molecule has 0 aliphatic carbocycles. The van der Waals surface area contributed by atoms with E-state index in [1.54, 1.807) is 36.4 Å². The van der Waals surface area contributed by atoms with Crippen molar-refractivity contribution in [1.29, 1.82) is 5.26 Å². The number of rotatable bonds is 5. The lowest BCUT2D eigenvalue weighted by atomic mass is 10.2. The van der Waals surface area contributed by atoms with Crippen LogP contribution in [0.1, 0.15) is 11.1 Å². The van der Waals surface area contributed by atoms with Crippen molar-refractivity contribution in [3.05, 3.63) is 69.7 Å². The average molecular weight is 375 g/mol. The Morgan fingerprint density at radius 2 is 2.00 bits per heavy atom. The Hall–Kier alpha value is -2.81. The van der Waals surface area contributed by atoms with Crippen molar-refractivity contribution in [3.8, 4) is 6.07 Å². The van der Waals surface area contributed by atoms with Crippen molar-refractivity contribution >= 4 is 46.8 Å². The normalized spacial score (nSPS) is 10.3. The highest BCUT2D eigenvalue weighted by Gasteiger charge is 2.06. The average Bonchev–Trinajstić information content (AvgIpc) is 2.59. The van der Waals surface area contributed by atoms with E-state index in [1.807, 2.05) is 6.07 Å². The molecule has 0 atom stereocenters. The third-order valence-corrected chi connectivity index (χ3v) is 3.54. The largest absolute Gasteiger partial charge is 0.452 e. The molecule has 2 rings (SSSR count). The van der Waals surface area contributed by atoms with E-state index in [1.165, 1.54) is 18.2 Å². The van der Waals surface area contributed by atoms with Gasteiger partial charge in [-0.25, -0.2) is 4.79 Å². The molecule has 1 N–H and O–H groups in total. The van der Waals surface area contributed by atoms with Crippen LogP contribution in [0.4, 0.5) is 5.69 Å². The Morgan fingerprint density at radius 3 is 2.72 bits per heavy atom. The monoisotopic (exact) mass is 374 g/mol. The highest BCUT2D eigenvalue weighted by molar-refractivity contribution is 6.35. The number of carbonyl (C=O) groups is 2. The zero-order valence-electron chi connectivity index (χ0n) is 12.8. The summed E-state index contributed by atoms with van der Waals surface area (Å²) >= 11 is 11.8. The second-order valence-electron chi connectivity index (χ2n) is 4.85. The number of anilines is 1. The van der Waals surface area contributed by atoms with Gasteiger partial charge in [-0.3, -0.25) is 4.79 Å². The van der Waals surface area contributed by atoms with Crippen LogP contribution in [0.2, 0.25) is 10.0 Å². The second kappa shape index (κ2) is 8.88. The van der Waals surface area contributed by atoms with Gasteiger partial charge in [-0.15, -0.1) is 0 Å². The molecule has 0 unspecified atom stereocenters. The molecule has 0 aliphatic heterocycles. The van der Waals surface area contributed by atoms with E-state index < -0.39 is 18.5 Å². The topological polar surface area (TPSA) is 79.2 Å². The molecular weight excluding hydrogens is 363 g/mol. The fraction of sp³-hybridized carbons (Fsp3) is 0.0556.